The Morgan fingerprint density at radius 2 is 1.47 bits per heavy atom. The van der Waals surface area contributed by atoms with Crippen LogP contribution in [0.25, 0.3) is 0 Å². The van der Waals surface area contributed by atoms with E-state index >= 15 is 0 Å². The van der Waals surface area contributed by atoms with E-state index in [4.69, 9.17) is 4.74 Å². The van der Waals surface area contributed by atoms with Crippen LogP contribution in [0.1, 0.15) is 23.7 Å². The number of ether oxygens (including phenoxy) is 1. The average Bonchev–Trinajstić information content (AvgIpc) is 3.18. The first kappa shape index (κ1) is 10.5. The molecule has 1 saturated heterocycles. The number of aryl methyl sites for hydroxylation is 1. The van der Waals surface area contributed by atoms with E-state index < -0.39 is 0 Å². The fraction of sp³-hybridized carbons (Fsp3) is 0.250. The van der Waals surface area contributed by atoms with Gasteiger partial charge in [-0.2, -0.15) is 0 Å². The van der Waals surface area contributed by atoms with Gasteiger partial charge in [0.25, 0.3) is 0 Å². The third kappa shape index (κ3) is 2.56. The predicted molar refractivity (Wildman–Crippen MR) is 68.8 cm³/mol. The van der Waals surface area contributed by atoms with Crippen LogP contribution in [0.2, 0.25) is 0 Å². The molecule has 3 rings (SSSR count). The van der Waals surface area contributed by atoms with Crippen LogP contribution in [0.5, 0.6) is 0 Å². The maximum Gasteiger partial charge on any atom is 0.109 e. The van der Waals surface area contributed by atoms with Gasteiger partial charge < -0.3 is 4.74 Å². The molecular formula is C16H16O. The monoisotopic (exact) mass is 224 g/mol. The molecule has 0 N–H and O–H groups in total. The summed E-state index contributed by atoms with van der Waals surface area (Å²) in [5.74, 6) is 0. The Morgan fingerprint density at radius 1 is 0.824 bits per heavy atom. The van der Waals surface area contributed by atoms with Gasteiger partial charge in [0.1, 0.15) is 6.10 Å². The van der Waals surface area contributed by atoms with Crippen LogP contribution in [-0.4, -0.2) is 6.10 Å². The van der Waals surface area contributed by atoms with Crippen LogP contribution in [0.4, 0.5) is 0 Å². The molecule has 86 valence electrons. The molecule has 1 heterocycles. The van der Waals surface area contributed by atoms with Gasteiger partial charge in [-0.05, 0) is 24.0 Å². The third-order valence-corrected chi connectivity index (χ3v) is 3.27. The number of hydrogen-bond donors (Lipinski definition) is 0. The Hall–Kier alpha value is -1.60. The van der Waals surface area contributed by atoms with Crippen molar-refractivity contribution in [1.82, 2.24) is 0 Å². The van der Waals surface area contributed by atoms with Gasteiger partial charge in [0.15, 0.2) is 0 Å². The highest BCUT2D eigenvalue weighted by molar-refractivity contribution is 5.23. The van der Waals surface area contributed by atoms with Crippen LogP contribution in [0, 0.1) is 0 Å². The zero-order valence-corrected chi connectivity index (χ0v) is 9.75. The molecule has 2 aromatic carbocycles. The van der Waals surface area contributed by atoms with Crippen molar-refractivity contribution in [1.29, 1.82) is 0 Å². The fourth-order valence-corrected chi connectivity index (χ4v) is 2.25. The first-order valence-corrected chi connectivity index (χ1v) is 6.18. The second-order valence-corrected chi connectivity index (χ2v) is 4.53. The summed E-state index contributed by atoms with van der Waals surface area (Å²) in [7, 11) is 0. The zero-order chi connectivity index (χ0) is 11.5. The molecular weight excluding hydrogens is 208 g/mol. The van der Waals surface area contributed by atoms with Crippen molar-refractivity contribution in [2.45, 2.75) is 25.0 Å². The second kappa shape index (κ2) is 4.72. The number of epoxide rings is 1. The van der Waals surface area contributed by atoms with Gasteiger partial charge in [0.05, 0.1) is 6.10 Å². The molecule has 17 heavy (non-hydrogen) atoms. The molecule has 2 aromatic rings. The fourth-order valence-electron chi connectivity index (χ4n) is 2.25. The van der Waals surface area contributed by atoms with Crippen LogP contribution in [0.3, 0.4) is 0 Å². The van der Waals surface area contributed by atoms with Gasteiger partial charge in [-0.25, -0.2) is 0 Å². The van der Waals surface area contributed by atoms with Gasteiger partial charge in [-0.1, -0.05) is 60.7 Å². The molecule has 0 unspecified atom stereocenters. The number of benzene rings is 2. The van der Waals surface area contributed by atoms with Gasteiger partial charge in [-0.15, -0.1) is 0 Å². The van der Waals surface area contributed by atoms with E-state index in [0.717, 1.165) is 12.8 Å². The summed E-state index contributed by atoms with van der Waals surface area (Å²) in [4.78, 5) is 0. The molecule has 0 aromatic heterocycles. The number of hydrogen-bond acceptors (Lipinski definition) is 1. The maximum absolute atomic E-state index is 5.72. The van der Waals surface area contributed by atoms with Crippen molar-refractivity contribution in [2.24, 2.45) is 0 Å². The van der Waals surface area contributed by atoms with Crippen LogP contribution in [-0.2, 0) is 11.2 Å². The third-order valence-electron chi connectivity index (χ3n) is 3.27. The lowest BCUT2D eigenvalue weighted by Gasteiger charge is -1.98. The highest BCUT2D eigenvalue weighted by Gasteiger charge is 2.39. The second-order valence-electron chi connectivity index (χ2n) is 4.53. The lowest BCUT2D eigenvalue weighted by Crippen LogP contribution is -1.93. The highest BCUT2D eigenvalue weighted by atomic mass is 16.6. The Labute approximate surface area is 102 Å². The van der Waals surface area contributed by atoms with E-state index in [1.165, 1.54) is 11.1 Å². The topological polar surface area (TPSA) is 12.5 Å². The lowest BCUT2D eigenvalue weighted by atomic mass is 10.0. The summed E-state index contributed by atoms with van der Waals surface area (Å²) in [5.41, 5.74) is 2.71. The minimum absolute atomic E-state index is 0.333. The van der Waals surface area contributed by atoms with Crippen molar-refractivity contribution < 1.29 is 4.74 Å². The van der Waals surface area contributed by atoms with Crippen molar-refractivity contribution in [2.75, 3.05) is 0 Å². The van der Waals surface area contributed by atoms with E-state index in [2.05, 4.69) is 54.6 Å². The van der Waals surface area contributed by atoms with E-state index in [0.29, 0.717) is 12.2 Å². The minimum atomic E-state index is 0.333. The largest absolute Gasteiger partial charge is 0.364 e. The maximum atomic E-state index is 5.72. The van der Waals surface area contributed by atoms with Crippen molar-refractivity contribution in [3.05, 3.63) is 71.8 Å². The summed E-state index contributed by atoms with van der Waals surface area (Å²) in [5, 5.41) is 0. The zero-order valence-electron chi connectivity index (χ0n) is 9.75. The molecule has 2 atom stereocenters. The summed E-state index contributed by atoms with van der Waals surface area (Å²) >= 11 is 0. The van der Waals surface area contributed by atoms with Crippen molar-refractivity contribution in [3.8, 4) is 0 Å². The SMILES string of the molecule is c1ccc(CC[C@H]2O[C@H]2c2ccccc2)cc1. The normalized spacial score (nSPS) is 22.4. The van der Waals surface area contributed by atoms with E-state index in [-0.39, 0.29) is 0 Å². The molecule has 0 radical (unpaired) electrons. The molecule has 0 amide bonds. The highest BCUT2D eigenvalue weighted by Crippen LogP contribution is 2.41. The smallest absolute Gasteiger partial charge is 0.109 e. The molecule has 1 fully saturated rings. The molecule has 1 nitrogen and oxygen atoms in total. The Morgan fingerprint density at radius 3 is 2.18 bits per heavy atom. The molecule has 1 aliphatic heterocycles. The quantitative estimate of drug-likeness (QED) is 0.720. The van der Waals surface area contributed by atoms with E-state index in [9.17, 15) is 0 Å². The first-order chi connectivity index (χ1) is 8.43. The van der Waals surface area contributed by atoms with Crippen LogP contribution >= 0.6 is 0 Å². The Bertz CT molecular complexity index is 463. The lowest BCUT2D eigenvalue weighted by molar-refractivity contribution is 0.366. The molecule has 1 aliphatic rings. The molecule has 0 saturated carbocycles. The number of rotatable bonds is 4. The predicted octanol–water partition coefficient (Wildman–Crippen LogP) is 3.76. The van der Waals surface area contributed by atoms with Crippen molar-refractivity contribution >= 4 is 0 Å². The minimum Gasteiger partial charge on any atom is -0.364 e. The van der Waals surface area contributed by atoms with Gasteiger partial charge in [0.2, 0.25) is 0 Å². The summed E-state index contributed by atoms with van der Waals surface area (Å²) in [6, 6.07) is 21.1. The van der Waals surface area contributed by atoms with E-state index in [1.807, 2.05) is 6.07 Å². The van der Waals surface area contributed by atoms with Crippen LogP contribution in [0.15, 0.2) is 60.7 Å². The summed E-state index contributed by atoms with van der Waals surface area (Å²) in [6.45, 7) is 0. The standard InChI is InChI=1S/C16H16O/c1-3-7-13(8-4-1)11-12-15-16(17-15)14-9-5-2-6-10-14/h1-10,15-16H,11-12H2/t15-,16+/m1/s1. The Balaban J connectivity index is 1.53. The van der Waals surface area contributed by atoms with E-state index in [1.54, 1.807) is 0 Å². The molecule has 0 aliphatic carbocycles. The van der Waals surface area contributed by atoms with Gasteiger partial charge in [-0.3, -0.25) is 0 Å². The van der Waals surface area contributed by atoms with Gasteiger partial charge >= 0.3 is 0 Å². The Kier molecular flexibility index (Phi) is 2.93. The molecule has 1 heteroatoms. The first-order valence-electron chi connectivity index (χ1n) is 6.18. The van der Waals surface area contributed by atoms with Crippen LogP contribution < -0.4 is 0 Å². The average molecular weight is 224 g/mol. The molecule has 0 spiro atoms. The van der Waals surface area contributed by atoms with Crippen molar-refractivity contribution in [3.63, 3.8) is 0 Å². The summed E-state index contributed by atoms with van der Waals surface area (Å²) in [6.07, 6.45) is 2.97. The molecule has 0 bridgehead atoms. The summed E-state index contributed by atoms with van der Waals surface area (Å²) < 4.78 is 5.72. The van der Waals surface area contributed by atoms with Gasteiger partial charge in [0, 0.05) is 0 Å².